The van der Waals surface area contributed by atoms with Gasteiger partial charge in [0.1, 0.15) is 0 Å². The molecule has 0 fully saturated rings. The van der Waals surface area contributed by atoms with Crippen molar-refractivity contribution in [2.45, 2.75) is 64.7 Å². The Bertz CT molecular complexity index is 338. The van der Waals surface area contributed by atoms with Crippen LogP contribution in [-0.4, -0.2) is 34.2 Å². The lowest BCUT2D eigenvalue weighted by Gasteiger charge is -2.13. The lowest BCUT2D eigenvalue weighted by molar-refractivity contribution is 0.0848. The maximum absolute atomic E-state index is 9.95. The molecule has 3 atom stereocenters. The van der Waals surface area contributed by atoms with Gasteiger partial charge in [0.2, 0.25) is 0 Å². The van der Waals surface area contributed by atoms with E-state index < -0.39 is 0 Å². The quantitative estimate of drug-likeness (QED) is 0.775. The monoisotopic (exact) mass is 254 g/mol. The van der Waals surface area contributed by atoms with Gasteiger partial charge in [-0.15, -0.1) is 0 Å². The molecule has 0 saturated heterocycles. The summed E-state index contributed by atoms with van der Waals surface area (Å²) >= 11 is 0. The molecule has 0 aromatic carbocycles. The first-order chi connectivity index (χ1) is 8.56. The summed E-state index contributed by atoms with van der Waals surface area (Å²) in [5, 5.41) is 14.4. The molecule has 0 saturated carbocycles. The van der Waals surface area contributed by atoms with Crippen molar-refractivity contribution in [2.75, 3.05) is 7.11 Å². The van der Waals surface area contributed by atoms with Crippen molar-refractivity contribution >= 4 is 0 Å². The summed E-state index contributed by atoms with van der Waals surface area (Å²) in [7, 11) is 1.70. The van der Waals surface area contributed by atoms with Crippen LogP contribution in [0.4, 0.5) is 0 Å². The van der Waals surface area contributed by atoms with Crippen LogP contribution in [0.1, 0.15) is 51.8 Å². The standard InChI is InChI=1S/C14H26N2O2/c1-5-11(2)16-9-8-13(15-16)10-14(17)7-6-12(3)18-4/h8-9,11-12,14,17H,5-7,10H2,1-4H3. The normalized spacial score (nSPS) is 16.5. The van der Waals surface area contributed by atoms with Crippen LogP contribution in [0.3, 0.4) is 0 Å². The highest BCUT2D eigenvalue weighted by atomic mass is 16.5. The number of aromatic nitrogens is 2. The van der Waals surface area contributed by atoms with E-state index in [1.54, 1.807) is 7.11 Å². The first kappa shape index (κ1) is 15.2. The van der Waals surface area contributed by atoms with Gasteiger partial charge in [0, 0.05) is 25.8 Å². The summed E-state index contributed by atoms with van der Waals surface area (Å²) in [6.45, 7) is 6.31. The smallest absolute Gasteiger partial charge is 0.0650 e. The molecule has 1 aromatic rings. The van der Waals surface area contributed by atoms with Gasteiger partial charge in [-0.05, 0) is 39.2 Å². The number of ether oxygens (including phenoxy) is 1. The van der Waals surface area contributed by atoms with Crippen LogP contribution in [0.2, 0.25) is 0 Å². The Kier molecular flexibility index (Phi) is 6.36. The number of nitrogens with zero attached hydrogens (tertiary/aromatic N) is 2. The summed E-state index contributed by atoms with van der Waals surface area (Å²) in [5.74, 6) is 0. The molecule has 1 rings (SSSR count). The van der Waals surface area contributed by atoms with Crippen molar-refractivity contribution in [3.63, 3.8) is 0 Å². The van der Waals surface area contributed by atoms with Crippen LogP contribution in [0.15, 0.2) is 12.3 Å². The zero-order chi connectivity index (χ0) is 13.5. The zero-order valence-electron chi connectivity index (χ0n) is 12.0. The van der Waals surface area contributed by atoms with Crippen molar-refractivity contribution in [3.05, 3.63) is 18.0 Å². The number of rotatable bonds is 8. The van der Waals surface area contributed by atoms with Gasteiger partial charge in [-0.1, -0.05) is 6.92 Å². The average molecular weight is 254 g/mol. The maximum Gasteiger partial charge on any atom is 0.0650 e. The average Bonchev–Trinajstić information content (AvgIpc) is 2.83. The Morgan fingerprint density at radius 1 is 1.39 bits per heavy atom. The Labute approximate surface area is 110 Å². The molecule has 1 heterocycles. The summed E-state index contributed by atoms with van der Waals surface area (Å²) in [6.07, 6.45) is 5.19. The predicted octanol–water partition coefficient (Wildman–Crippen LogP) is 2.57. The third-order valence-corrected chi connectivity index (χ3v) is 3.46. The van der Waals surface area contributed by atoms with Gasteiger partial charge in [-0.3, -0.25) is 4.68 Å². The molecule has 4 nitrogen and oxygen atoms in total. The first-order valence-electron chi connectivity index (χ1n) is 6.81. The van der Waals surface area contributed by atoms with E-state index in [0.717, 1.165) is 25.0 Å². The molecular formula is C14H26N2O2. The predicted molar refractivity (Wildman–Crippen MR) is 72.6 cm³/mol. The molecule has 0 amide bonds. The summed E-state index contributed by atoms with van der Waals surface area (Å²) < 4.78 is 7.14. The molecule has 0 aliphatic carbocycles. The van der Waals surface area contributed by atoms with E-state index in [2.05, 4.69) is 18.9 Å². The highest BCUT2D eigenvalue weighted by Crippen LogP contribution is 2.12. The van der Waals surface area contributed by atoms with Gasteiger partial charge in [0.15, 0.2) is 0 Å². The van der Waals surface area contributed by atoms with E-state index in [1.807, 2.05) is 23.9 Å². The van der Waals surface area contributed by atoms with E-state index in [4.69, 9.17) is 4.74 Å². The van der Waals surface area contributed by atoms with E-state index >= 15 is 0 Å². The molecule has 0 spiro atoms. The summed E-state index contributed by atoms with van der Waals surface area (Å²) in [6, 6.07) is 2.42. The third-order valence-electron chi connectivity index (χ3n) is 3.46. The zero-order valence-corrected chi connectivity index (χ0v) is 12.0. The number of hydrogen-bond acceptors (Lipinski definition) is 3. The minimum atomic E-state index is -0.331. The van der Waals surface area contributed by atoms with Crippen LogP contribution < -0.4 is 0 Å². The maximum atomic E-state index is 9.95. The second kappa shape index (κ2) is 7.54. The topological polar surface area (TPSA) is 47.3 Å². The van der Waals surface area contributed by atoms with Crippen molar-refractivity contribution < 1.29 is 9.84 Å². The number of aliphatic hydroxyl groups is 1. The third kappa shape index (κ3) is 4.78. The van der Waals surface area contributed by atoms with Crippen LogP contribution in [-0.2, 0) is 11.2 Å². The molecule has 0 aliphatic rings. The first-order valence-corrected chi connectivity index (χ1v) is 6.81. The molecule has 18 heavy (non-hydrogen) atoms. The second-order valence-corrected chi connectivity index (χ2v) is 5.03. The van der Waals surface area contributed by atoms with Crippen LogP contribution in [0.25, 0.3) is 0 Å². The van der Waals surface area contributed by atoms with Crippen LogP contribution in [0.5, 0.6) is 0 Å². The lowest BCUT2D eigenvalue weighted by Crippen LogP contribution is -2.15. The van der Waals surface area contributed by atoms with Gasteiger partial charge in [0.25, 0.3) is 0 Å². The van der Waals surface area contributed by atoms with Gasteiger partial charge in [0.05, 0.1) is 17.9 Å². The molecule has 0 radical (unpaired) electrons. The van der Waals surface area contributed by atoms with Crippen LogP contribution >= 0.6 is 0 Å². The van der Waals surface area contributed by atoms with Gasteiger partial charge >= 0.3 is 0 Å². The van der Waals surface area contributed by atoms with Crippen molar-refractivity contribution in [2.24, 2.45) is 0 Å². The Morgan fingerprint density at radius 3 is 2.72 bits per heavy atom. The number of hydrogen-bond donors (Lipinski definition) is 1. The van der Waals surface area contributed by atoms with E-state index in [0.29, 0.717) is 12.5 Å². The van der Waals surface area contributed by atoms with E-state index in [9.17, 15) is 5.11 Å². The molecular weight excluding hydrogens is 228 g/mol. The van der Waals surface area contributed by atoms with Crippen molar-refractivity contribution in [3.8, 4) is 0 Å². The van der Waals surface area contributed by atoms with E-state index in [1.165, 1.54) is 0 Å². The molecule has 3 unspecified atom stereocenters. The highest BCUT2D eigenvalue weighted by Gasteiger charge is 2.11. The highest BCUT2D eigenvalue weighted by molar-refractivity contribution is 5.01. The molecule has 1 aromatic heterocycles. The Balaban J connectivity index is 2.39. The summed E-state index contributed by atoms with van der Waals surface area (Å²) in [5.41, 5.74) is 0.966. The van der Waals surface area contributed by atoms with Gasteiger partial charge in [-0.2, -0.15) is 5.10 Å². The largest absolute Gasteiger partial charge is 0.393 e. The number of methoxy groups -OCH3 is 1. The van der Waals surface area contributed by atoms with Crippen molar-refractivity contribution in [1.29, 1.82) is 0 Å². The Morgan fingerprint density at radius 2 is 2.11 bits per heavy atom. The SMILES string of the molecule is CCC(C)n1ccc(CC(O)CCC(C)OC)n1. The molecule has 4 heteroatoms. The van der Waals surface area contributed by atoms with Gasteiger partial charge < -0.3 is 9.84 Å². The van der Waals surface area contributed by atoms with Crippen molar-refractivity contribution in [1.82, 2.24) is 9.78 Å². The Hall–Kier alpha value is -0.870. The minimum Gasteiger partial charge on any atom is -0.393 e. The fraction of sp³-hybridized carbons (Fsp3) is 0.786. The molecule has 1 N–H and O–H groups in total. The molecule has 104 valence electrons. The lowest BCUT2D eigenvalue weighted by atomic mass is 10.1. The minimum absolute atomic E-state index is 0.206. The fourth-order valence-corrected chi connectivity index (χ4v) is 1.81. The molecule has 0 bridgehead atoms. The van der Waals surface area contributed by atoms with Crippen LogP contribution in [0, 0.1) is 0 Å². The fourth-order valence-electron chi connectivity index (χ4n) is 1.81. The summed E-state index contributed by atoms with van der Waals surface area (Å²) in [4.78, 5) is 0. The second-order valence-electron chi connectivity index (χ2n) is 5.03. The molecule has 0 aliphatic heterocycles. The number of aliphatic hydroxyl groups excluding tert-OH is 1. The van der Waals surface area contributed by atoms with E-state index in [-0.39, 0.29) is 12.2 Å². The van der Waals surface area contributed by atoms with Gasteiger partial charge in [-0.25, -0.2) is 0 Å².